The van der Waals surface area contributed by atoms with Gasteiger partial charge in [-0.15, -0.1) is 0 Å². The predicted molar refractivity (Wildman–Crippen MR) is 125 cm³/mol. The molecule has 30 heavy (non-hydrogen) atoms. The number of likely N-dealkylation sites (tertiary alicyclic amines) is 1. The molecule has 0 atom stereocenters. The van der Waals surface area contributed by atoms with Crippen molar-refractivity contribution in [3.05, 3.63) is 35.4 Å². The van der Waals surface area contributed by atoms with Gasteiger partial charge in [0.05, 0.1) is 6.54 Å². The zero-order valence-corrected chi connectivity index (χ0v) is 19.2. The van der Waals surface area contributed by atoms with Crippen LogP contribution in [0.2, 0.25) is 0 Å². The number of benzene rings is 1. The zero-order valence-electron chi connectivity index (χ0n) is 19.2. The van der Waals surface area contributed by atoms with E-state index in [2.05, 4.69) is 34.7 Å². The maximum atomic E-state index is 12.4. The van der Waals surface area contributed by atoms with Crippen LogP contribution in [0.3, 0.4) is 0 Å². The predicted octanol–water partition coefficient (Wildman–Crippen LogP) is 1.91. The average Bonchev–Trinajstić information content (AvgIpc) is 2.73. The molecule has 0 aromatic heterocycles. The summed E-state index contributed by atoms with van der Waals surface area (Å²) in [6.07, 6.45) is 3.51. The van der Waals surface area contributed by atoms with Gasteiger partial charge in [0.25, 0.3) is 5.91 Å². The summed E-state index contributed by atoms with van der Waals surface area (Å²) >= 11 is 0. The van der Waals surface area contributed by atoms with Gasteiger partial charge in [-0.05, 0) is 64.5 Å². The Bertz CT molecular complexity index is 667. The molecular formula is C23H40N6O. The van der Waals surface area contributed by atoms with Crippen molar-refractivity contribution >= 4 is 11.9 Å². The number of hydrogen-bond acceptors (Lipinski definition) is 4. The number of likely N-dealkylation sites (N-methyl/N-ethyl adjacent to an activating group) is 1. The number of guanidine groups is 1. The summed E-state index contributed by atoms with van der Waals surface area (Å²) < 4.78 is 0. The largest absolute Gasteiger partial charge is 0.357 e. The molecule has 7 heteroatoms. The van der Waals surface area contributed by atoms with E-state index in [9.17, 15) is 4.79 Å². The Kier molecular flexibility index (Phi) is 10.7. The van der Waals surface area contributed by atoms with E-state index in [0.29, 0.717) is 24.7 Å². The minimum Gasteiger partial charge on any atom is -0.357 e. The molecule has 1 aliphatic heterocycles. The van der Waals surface area contributed by atoms with Crippen LogP contribution in [0.5, 0.6) is 0 Å². The monoisotopic (exact) mass is 416 g/mol. The molecule has 7 nitrogen and oxygen atoms in total. The minimum atomic E-state index is -0.0356. The van der Waals surface area contributed by atoms with Crippen LogP contribution in [0, 0.1) is 0 Å². The average molecular weight is 417 g/mol. The second kappa shape index (κ2) is 13.2. The summed E-state index contributed by atoms with van der Waals surface area (Å²) in [6.45, 7) is 10.6. The lowest BCUT2D eigenvalue weighted by Gasteiger charge is -2.32. The maximum absolute atomic E-state index is 12.4. The summed E-state index contributed by atoms with van der Waals surface area (Å²) in [5.41, 5.74) is 1.72. The van der Waals surface area contributed by atoms with Gasteiger partial charge in [0.1, 0.15) is 0 Å². The molecule has 1 aromatic rings. The highest BCUT2D eigenvalue weighted by atomic mass is 16.1. The highest BCUT2D eigenvalue weighted by Gasteiger charge is 2.19. The molecule has 1 aliphatic rings. The summed E-state index contributed by atoms with van der Waals surface area (Å²) in [5.74, 6) is 0.818. The van der Waals surface area contributed by atoms with E-state index in [1.54, 1.807) is 0 Å². The minimum absolute atomic E-state index is 0.0356. The van der Waals surface area contributed by atoms with Gasteiger partial charge in [-0.3, -0.25) is 4.79 Å². The number of nitrogens with one attached hydrogen (secondary N) is 3. The second-order valence-corrected chi connectivity index (χ2v) is 8.21. The van der Waals surface area contributed by atoms with Crippen LogP contribution in [-0.4, -0.2) is 81.1 Å². The molecule has 1 saturated heterocycles. The lowest BCUT2D eigenvalue weighted by atomic mass is 10.1. The van der Waals surface area contributed by atoms with Crippen LogP contribution in [0.1, 0.15) is 49.0 Å². The lowest BCUT2D eigenvalue weighted by molar-refractivity contribution is 0.0951. The quantitative estimate of drug-likeness (QED) is 0.401. The SMILES string of the molecule is CCCN1CCC(NC(=NCc2cccc(C(=O)NCCN(C)C)c2)NCC)CC1. The third kappa shape index (κ3) is 8.71. The van der Waals surface area contributed by atoms with Gasteiger partial charge in [-0.1, -0.05) is 19.1 Å². The van der Waals surface area contributed by atoms with Gasteiger partial charge >= 0.3 is 0 Å². The van der Waals surface area contributed by atoms with E-state index in [1.165, 1.54) is 13.0 Å². The number of piperidine rings is 1. The van der Waals surface area contributed by atoms with E-state index >= 15 is 0 Å². The van der Waals surface area contributed by atoms with E-state index in [4.69, 9.17) is 4.99 Å². The molecule has 0 unspecified atom stereocenters. The number of amides is 1. The normalized spacial score (nSPS) is 16.0. The Hall–Kier alpha value is -2.12. The van der Waals surface area contributed by atoms with Crippen LogP contribution in [-0.2, 0) is 6.54 Å². The van der Waals surface area contributed by atoms with Gasteiger partial charge in [-0.2, -0.15) is 0 Å². The molecule has 3 N–H and O–H groups in total. The summed E-state index contributed by atoms with van der Waals surface area (Å²) in [4.78, 5) is 21.7. The molecule has 1 amide bonds. The first-order valence-electron chi connectivity index (χ1n) is 11.3. The molecule has 168 valence electrons. The van der Waals surface area contributed by atoms with Gasteiger partial charge < -0.3 is 25.8 Å². The standard InChI is InChI=1S/C23H40N6O/c1-5-13-29-14-10-21(11-15-29)27-23(24-6-2)26-18-19-8-7-9-20(17-19)22(30)25-12-16-28(3)4/h7-9,17,21H,5-6,10-16,18H2,1-4H3,(H,25,30)(H2,24,26,27). The highest BCUT2D eigenvalue weighted by molar-refractivity contribution is 5.94. The number of hydrogen-bond donors (Lipinski definition) is 3. The van der Waals surface area contributed by atoms with Crippen molar-refractivity contribution < 1.29 is 4.79 Å². The number of nitrogens with zero attached hydrogens (tertiary/aromatic N) is 3. The van der Waals surface area contributed by atoms with Crippen molar-refractivity contribution in [2.75, 3.05) is 53.4 Å². The van der Waals surface area contributed by atoms with E-state index in [1.807, 2.05) is 43.3 Å². The van der Waals surface area contributed by atoms with Crippen molar-refractivity contribution in [2.24, 2.45) is 4.99 Å². The van der Waals surface area contributed by atoms with Crippen molar-refractivity contribution in [3.63, 3.8) is 0 Å². The Morgan fingerprint density at radius 2 is 1.97 bits per heavy atom. The van der Waals surface area contributed by atoms with Crippen LogP contribution < -0.4 is 16.0 Å². The Morgan fingerprint density at radius 3 is 2.63 bits per heavy atom. The molecular weight excluding hydrogens is 376 g/mol. The Labute approximate surface area is 182 Å². The highest BCUT2D eigenvalue weighted by Crippen LogP contribution is 2.11. The van der Waals surface area contributed by atoms with E-state index in [0.717, 1.165) is 50.5 Å². The molecule has 0 aliphatic carbocycles. The van der Waals surface area contributed by atoms with Gasteiger partial charge in [-0.25, -0.2) is 4.99 Å². The fraction of sp³-hybridized carbons (Fsp3) is 0.652. The lowest BCUT2D eigenvalue weighted by Crippen LogP contribution is -2.48. The van der Waals surface area contributed by atoms with Crippen molar-refractivity contribution in [2.45, 2.75) is 45.7 Å². The smallest absolute Gasteiger partial charge is 0.251 e. The first kappa shape index (κ1) is 24.2. The number of aliphatic imine (C=N–C) groups is 1. The summed E-state index contributed by atoms with van der Waals surface area (Å²) in [5, 5.41) is 9.91. The number of carbonyl (C=O) groups is 1. The number of rotatable bonds is 10. The molecule has 0 saturated carbocycles. The van der Waals surface area contributed by atoms with Crippen LogP contribution >= 0.6 is 0 Å². The molecule has 1 fully saturated rings. The third-order valence-electron chi connectivity index (χ3n) is 5.27. The maximum Gasteiger partial charge on any atom is 0.251 e. The third-order valence-corrected chi connectivity index (χ3v) is 5.27. The van der Waals surface area contributed by atoms with Crippen LogP contribution in [0.25, 0.3) is 0 Å². The van der Waals surface area contributed by atoms with E-state index < -0.39 is 0 Å². The van der Waals surface area contributed by atoms with Crippen molar-refractivity contribution in [3.8, 4) is 0 Å². The van der Waals surface area contributed by atoms with Gasteiger partial charge in [0.15, 0.2) is 5.96 Å². The molecule has 2 rings (SSSR count). The Morgan fingerprint density at radius 1 is 1.20 bits per heavy atom. The first-order chi connectivity index (χ1) is 14.5. The van der Waals surface area contributed by atoms with Crippen molar-refractivity contribution in [1.29, 1.82) is 0 Å². The van der Waals surface area contributed by atoms with E-state index in [-0.39, 0.29) is 5.91 Å². The summed E-state index contributed by atoms with van der Waals surface area (Å²) in [7, 11) is 3.99. The second-order valence-electron chi connectivity index (χ2n) is 8.21. The Balaban J connectivity index is 1.90. The van der Waals surface area contributed by atoms with Gasteiger partial charge in [0.2, 0.25) is 0 Å². The molecule has 0 spiro atoms. The number of carbonyl (C=O) groups excluding carboxylic acids is 1. The molecule has 1 heterocycles. The fourth-order valence-electron chi connectivity index (χ4n) is 3.61. The molecule has 0 radical (unpaired) electrons. The first-order valence-corrected chi connectivity index (χ1v) is 11.3. The topological polar surface area (TPSA) is 72.0 Å². The zero-order chi connectivity index (χ0) is 21.8. The molecule has 0 bridgehead atoms. The fourth-order valence-corrected chi connectivity index (χ4v) is 3.61. The molecule has 1 aromatic carbocycles. The summed E-state index contributed by atoms with van der Waals surface area (Å²) in [6, 6.07) is 8.19. The van der Waals surface area contributed by atoms with Crippen LogP contribution in [0.4, 0.5) is 0 Å². The van der Waals surface area contributed by atoms with Crippen molar-refractivity contribution in [1.82, 2.24) is 25.8 Å². The van der Waals surface area contributed by atoms with Crippen LogP contribution in [0.15, 0.2) is 29.3 Å². The van der Waals surface area contributed by atoms with Gasteiger partial charge in [0, 0.05) is 44.3 Å².